The molecule has 0 spiro atoms. The third-order valence-electron chi connectivity index (χ3n) is 2.83. The van der Waals surface area contributed by atoms with Gasteiger partial charge in [-0.15, -0.1) is 0 Å². The summed E-state index contributed by atoms with van der Waals surface area (Å²) in [5, 5.41) is 0. The monoisotopic (exact) mass is 191 g/mol. The third kappa shape index (κ3) is 2.07. The maximum atomic E-state index is 5.96. The van der Waals surface area contributed by atoms with Gasteiger partial charge >= 0.3 is 0 Å². The highest BCUT2D eigenvalue weighted by molar-refractivity contribution is 5.49. The van der Waals surface area contributed by atoms with Crippen LogP contribution in [0, 0.1) is 12.8 Å². The van der Waals surface area contributed by atoms with Gasteiger partial charge in [-0.3, -0.25) is 0 Å². The van der Waals surface area contributed by atoms with Crippen molar-refractivity contribution in [3.05, 3.63) is 29.3 Å². The summed E-state index contributed by atoms with van der Waals surface area (Å²) in [4.78, 5) is 0. The van der Waals surface area contributed by atoms with Gasteiger partial charge in [0, 0.05) is 18.9 Å². The second-order valence-corrected chi connectivity index (χ2v) is 4.14. The summed E-state index contributed by atoms with van der Waals surface area (Å²) in [6.07, 6.45) is 2.24. The van der Waals surface area contributed by atoms with E-state index in [1.807, 2.05) is 6.07 Å². The van der Waals surface area contributed by atoms with Gasteiger partial charge in [-0.2, -0.15) is 0 Å². The highest BCUT2D eigenvalue weighted by atomic mass is 16.5. The van der Waals surface area contributed by atoms with Crippen LogP contribution in [0.4, 0.5) is 5.69 Å². The first kappa shape index (κ1) is 9.53. The van der Waals surface area contributed by atoms with Crippen molar-refractivity contribution in [1.82, 2.24) is 0 Å². The van der Waals surface area contributed by atoms with E-state index in [4.69, 9.17) is 10.5 Å². The molecule has 2 rings (SSSR count). The van der Waals surface area contributed by atoms with Crippen LogP contribution in [0.2, 0.25) is 0 Å². The number of ether oxygens (including phenoxy) is 1. The first-order valence-electron chi connectivity index (χ1n) is 5.18. The fourth-order valence-corrected chi connectivity index (χ4v) is 1.96. The van der Waals surface area contributed by atoms with E-state index in [1.54, 1.807) is 0 Å². The Labute approximate surface area is 85.1 Å². The van der Waals surface area contributed by atoms with Crippen molar-refractivity contribution < 1.29 is 4.74 Å². The van der Waals surface area contributed by atoms with Gasteiger partial charge in [0.2, 0.25) is 0 Å². The van der Waals surface area contributed by atoms with E-state index in [9.17, 15) is 0 Å². The summed E-state index contributed by atoms with van der Waals surface area (Å²) in [5.74, 6) is 0.667. The molecular formula is C12H17NO. The average Bonchev–Trinajstić information content (AvgIpc) is 2.62. The SMILES string of the molecule is Cc1ccc(CC2CCOC2)c(N)c1. The van der Waals surface area contributed by atoms with Crippen LogP contribution in [0.5, 0.6) is 0 Å². The van der Waals surface area contributed by atoms with E-state index in [0.29, 0.717) is 5.92 Å². The largest absolute Gasteiger partial charge is 0.398 e. The predicted octanol–water partition coefficient (Wildman–Crippen LogP) is 2.16. The fourth-order valence-electron chi connectivity index (χ4n) is 1.96. The Kier molecular flexibility index (Phi) is 2.73. The number of benzene rings is 1. The number of hydrogen-bond donors (Lipinski definition) is 1. The van der Waals surface area contributed by atoms with Gasteiger partial charge in [-0.05, 0) is 42.9 Å². The maximum absolute atomic E-state index is 5.96. The molecule has 1 saturated heterocycles. The molecular weight excluding hydrogens is 174 g/mol. The molecule has 0 aromatic heterocycles. The predicted molar refractivity (Wildman–Crippen MR) is 58.2 cm³/mol. The van der Waals surface area contributed by atoms with Crippen LogP contribution in [-0.4, -0.2) is 13.2 Å². The van der Waals surface area contributed by atoms with Crippen molar-refractivity contribution in [2.75, 3.05) is 18.9 Å². The second-order valence-electron chi connectivity index (χ2n) is 4.14. The first-order valence-corrected chi connectivity index (χ1v) is 5.18. The van der Waals surface area contributed by atoms with Gasteiger partial charge in [-0.25, -0.2) is 0 Å². The molecule has 1 fully saturated rings. The lowest BCUT2D eigenvalue weighted by Gasteiger charge is -2.10. The molecule has 1 aliphatic rings. The molecule has 1 atom stereocenters. The Morgan fingerprint density at radius 3 is 3.00 bits per heavy atom. The molecule has 0 amide bonds. The fraction of sp³-hybridized carbons (Fsp3) is 0.500. The van der Waals surface area contributed by atoms with Crippen molar-refractivity contribution in [3.8, 4) is 0 Å². The third-order valence-corrected chi connectivity index (χ3v) is 2.83. The zero-order valence-corrected chi connectivity index (χ0v) is 8.62. The van der Waals surface area contributed by atoms with Crippen LogP contribution in [0.1, 0.15) is 17.5 Å². The summed E-state index contributed by atoms with van der Waals surface area (Å²) >= 11 is 0. The standard InChI is InChI=1S/C12H17NO/c1-9-2-3-11(12(13)6-9)7-10-4-5-14-8-10/h2-3,6,10H,4-5,7-8,13H2,1H3. The zero-order valence-electron chi connectivity index (χ0n) is 8.62. The molecule has 0 saturated carbocycles. The minimum Gasteiger partial charge on any atom is -0.398 e. The Hall–Kier alpha value is -1.02. The smallest absolute Gasteiger partial charge is 0.0498 e. The van der Waals surface area contributed by atoms with E-state index in [-0.39, 0.29) is 0 Å². The van der Waals surface area contributed by atoms with E-state index in [2.05, 4.69) is 19.1 Å². The molecule has 0 aliphatic carbocycles. The van der Waals surface area contributed by atoms with Gasteiger partial charge < -0.3 is 10.5 Å². The Bertz CT molecular complexity index is 316. The summed E-state index contributed by atoms with van der Waals surface area (Å²) in [6.45, 7) is 3.88. The van der Waals surface area contributed by atoms with Gasteiger partial charge in [0.25, 0.3) is 0 Å². The van der Waals surface area contributed by atoms with E-state index in [1.165, 1.54) is 17.5 Å². The maximum Gasteiger partial charge on any atom is 0.0498 e. The number of hydrogen-bond acceptors (Lipinski definition) is 2. The number of nitrogen functional groups attached to an aromatic ring is 1. The minimum atomic E-state index is 0.667. The van der Waals surface area contributed by atoms with E-state index >= 15 is 0 Å². The molecule has 2 N–H and O–H groups in total. The number of nitrogens with two attached hydrogens (primary N) is 1. The van der Waals surface area contributed by atoms with Crippen LogP contribution >= 0.6 is 0 Å². The molecule has 76 valence electrons. The van der Waals surface area contributed by atoms with Crippen LogP contribution in [-0.2, 0) is 11.2 Å². The minimum absolute atomic E-state index is 0.667. The summed E-state index contributed by atoms with van der Waals surface area (Å²) < 4.78 is 5.35. The van der Waals surface area contributed by atoms with Crippen molar-refractivity contribution in [3.63, 3.8) is 0 Å². The molecule has 0 radical (unpaired) electrons. The molecule has 1 unspecified atom stereocenters. The lowest BCUT2D eigenvalue weighted by Crippen LogP contribution is -2.06. The molecule has 2 heteroatoms. The van der Waals surface area contributed by atoms with Crippen LogP contribution in [0.15, 0.2) is 18.2 Å². The average molecular weight is 191 g/mol. The summed E-state index contributed by atoms with van der Waals surface area (Å²) in [5.41, 5.74) is 9.39. The summed E-state index contributed by atoms with van der Waals surface area (Å²) in [7, 11) is 0. The summed E-state index contributed by atoms with van der Waals surface area (Å²) in [6, 6.07) is 6.32. The first-order chi connectivity index (χ1) is 6.75. The van der Waals surface area contributed by atoms with Gasteiger partial charge in [0.05, 0.1) is 0 Å². The lowest BCUT2D eigenvalue weighted by molar-refractivity contribution is 0.186. The number of aryl methyl sites for hydroxylation is 1. The molecule has 1 aliphatic heterocycles. The van der Waals surface area contributed by atoms with Gasteiger partial charge in [0.1, 0.15) is 0 Å². The van der Waals surface area contributed by atoms with Gasteiger partial charge in [-0.1, -0.05) is 12.1 Å². The highest BCUT2D eigenvalue weighted by Gasteiger charge is 2.16. The quantitative estimate of drug-likeness (QED) is 0.727. The number of rotatable bonds is 2. The Morgan fingerprint density at radius 1 is 1.50 bits per heavy atom. The molecule has 0 bridgehead atoms. The van der Waals surface area contributed by atoms with E-state index in [0.717, 1.165) is 25.3 Å². The van der Waals surface area contributed by atoms with Gasteiger partial charge in [0.15, 0.2) is 0 Å². The topological polar surface area (TPSA) is 35.2 Å². The van der Waals surface area contributed by atoms with Crippen LogP contribution < -0.4 is 5.73 Å². The van der Waals surface area contributed by atoms with Crippen molar-refractivity contribution in [2.24, 2.45) is 5.92 Å². The van der Waals surface area contributed by atoms with Crippen molar-refractivity contribution in [1.29, 1.82) is 0 Å². The van der Waals surface area contributed by atoms with Crippen LogP contribution in [0.25, 0.3) is 0 Å². The molecule has 1 aromatic carbocycles. The number of anilines is 1. The second kappa shape index (κ2) is 4.01. The van der Waals surface area contributed by atoms with Crippen molar-refractivity contribution >= 4 is 5.69 Å². The molecule has 1 aromatic rings. The lowest BCUT2D eigenvalue weighted by atomic mass is 9.97. The highest BCUT2D eigenvalue weighted by Crippen LogP contribution is 2.22. The Balaban J connectivity index is 2.08. The normalized spacial score (nSPS) is 21.4. The molecule has 2 nitrogen and oxygen atoms in total. The molecule has 14 heavy (non-hydrogen) atoms. The zero-order chi connectivity index (χ0) is 9.97. The van der Waals surface area contributed by atoms with Crippen molar-refractivity contribution in [2.45, 2.75) is 19.8 Å². The van der Waals surface area contributed by atoms with Crippen LogP contribution in [0.3, 0.4) is 0 Å². The molecule has 1 heterocycles. The van der Waals surface area contributed by atoms with E-state index < -0.39 is 0 Å². The Morgan fingerprint density at radius 2 is 2.36 bits per heavy atom.